The van der Waals surface area contributed by atoms with Crippen LogP contribution in [0.5, 0.6) is 0 Å². The lowest BCUT2D eigenvalue weighted by atomic mass is 9.93. The number of aromatic nitrogens is 1. The van der Waals surface area contributed by atoms with E-state index in [1.807, 2.05) is 49.4 Å². The van der Waals surface area contributed by atoms with E-state index in [2.05, 4.69) is 10.3 Å². The molecule has 6 nitrogen and oxygen atoms in total. The molecule has 5 rings (SSSR count). The van der Waals surface area contributed by atoms with Crippen molar-refractivity contribution in [2.75, 3.05) is 5.32 Å². The van der Waals surface area contributed by atoms with Crippen LogP contribution in [0.1, 0.15) is 26.7 Å². The molecule has 1 atom stereocenters. The van der Waals surface area contributed by atoms with Gasteiger partial charge >= 0.3 is 0 Å². The lowest BCUT2D eigenvalue weighted by Crippen LogP contribution is -2.50. The minimum atomic E-state index is -0.628. The number of hydrogen-bond acceptors (Lipinski definition) is 5. The third-order valence-corrected chi connectivity index (χ3v) is 6.24. The maximum Gasteiger partial charge on any atom is 0.290 e. The van der Waals surface area contributed by atoms with Gasteiger partial charge in [0.15, 0.2) is 5.76 Å². The molecule has 0 fully saturated rings. The Kier molecular flexibility index (Phi) is 4.59. The molecule has 1 unspecified atom stereocenters. The lowest BCUT2D eigenvalue weighted by molar-refractivity contribution is -0.121. The largest absolute Gasteiger partial charge is 0.459 e. The molecule has 1 aliphatic rings. The molecule has 4 aromatic rings. The number of nitrogens with zero attached hydrogens (tertiary/aromatic N) is 2. The standard InChI is InChI=1S/C23H19N3O3S/c1-14-24-18-9-8-17(12-21(18)30-14)25-22(27)19-11-15-5-2-3-6-16(15)13-26(19)23(28)20-7-4-10-29-20/h2-10,12,19H,11,13H2,1H3,(H,25,27). The summed E-state index contributed by atoms with van der Waals surface area (Å²) in [7, 11) is 0. The van der Waals surface area contributed by atoms with Crippen molar-refractivity contribution >= 4 is 39.1 Å². The van der Waals surface area contributed by atoms with Crippen LogP contribution >= 0.6 is 11.3 Å². The summed E-state index contributed by atoms with van der Waals surface area (Å²) in [6.07, 6.45) is 1.92. The van der Waals surface area contributed by atoms with E-state index >= 15 is 0 Å². The van der Waals surface area contributed by atoms with Gasteiger partial charge in [-0.3, -0.25) is 9.59 Å². The Morgan fingerprint density at radius 1 is 1.13 bits per heavy atom. The van der Waals surface area contributed by atoms with Gasteiger partial charge in [-0.2, -0.15) is 0 Å². The summed E-state index contributed by atoms with van der Waals surface area (Å²) in [5, 5.41) is 3.97. The van der Waals surface area contributed by atoms with Crippen LogP contribution in [0, 0.1) is 6.92 Å². The molecule has 0 aliphatic carbocycles. The molecule has 1 N–H and O–H groups in total. The summed E-state index contributed by atoms with van der Waals surface area (Å²) < 4.78 is 6.32. The van der Waals surface area contributed by atoms with Crippen molar-refractivity contribution in [1.29, 1.82) is 0 Å². The molecule has 2 amide bonds. The van der Waals surface area contributed by atoms with Crippen molar-refractivity contribution in [2.45, 2.75) is 25.9 Å². The zero-order chi connectivity index (χ0) is 20.7. The third-order valence-electron chi connectivity index (χ3n) is 5.31. The summed E-state index contributed by atoms with van der Waals surface area (Å²) in [6.45, 7) is 2.32. The molecule has 150 valence electrons. The van der Waals surface area contributed by atoms with Crippen LogP contribution < -0.4 is 5.32 Å². The SMILES string of the molecule is Cc1nc2ccc(NC(=O)C3Cc4ccccc4CN3C(=O)c3ccco3)cc2s1. The Hall–Kier alpha value is -3.45. The van der Waals surface area contributed by atoms with Crippen LogP contribution in [-0.2, 0) is 17.8 Å². The average Bonchev–Trinajstić information content (AvgIpc) is 3.41. The lowest BCUT2D eigenvalue weighted by Gasteiger charge is -2.35. The minimum absolute atomic E-state index is 0.218. The summed E-state index contributed by atoms with van der Waals surface area (Å²) in [5.74, 6) is -0.276. The van der Waals surface area contributed by atoms with E-state index in [-0.39, 0.29) is 17.6 Å². The number of furan rings is 1. The Bertz CT molecular complexity index is 1250. The number of rotatable bonds is 3. The highest BCUT2D eigenvalue weighted by Crippen LogP contribution is 2.28. The molecular weight excluding hydrogens is 398 g/mol. The summed E-state index contributed by atoms with van der Waals surface area (Å²) in [6, 6.07) is 16.2. The highest BCUT2D eigenvalue weighted by Gasteiger charge is 2.36. The Labute approximate surface area is 177 Å². The van der Waals surface area contributed by atoms with Crippen molar-refractivity contribution in [2.24, 2.45) is 0 Å². The van der Waals surface area contributed by atoms with Gasteiger partial charge in [-0.05, 0) is 48.4 Å². The van der Waals surface area contributed by atoms with E-state index in [1.54, 1.807) is 28.4 Å². The van der Waals surface area contributed by atoms with Crippen molar-refractivity contribution < 1.29 is 14.0 Å². The maximum absolute atomic E-state index is 13.3. The third kappa shape index (κ3) is 3.37. The highest BCUT2D eigenvalue weighted by molar-refractivity contribution is 7.18. The number of anilines is 1. The molecule has 2 aromatic heterocycles. The molecule has 7 heteroatoms. The molecule has 0 saturated carbocycles. The van der Waals surface area contributed by atoms with Gasteiger partial charge in [-0.1, -0.05) is 24.3 Å². The van der Waals surface area contributed by atoms with Gasteiger partial charge in [0.1, 0.15) is 6.04 Å². The van der Waals surface area contributed by atoms with Gasteiger partial charge in [-0.25, -0.2) is 4.98 Å². The van der Waals surface area contributed by atoms with Crippen LogP contribution in [0.4, 0.5) is 5.69 Å². The zero-order valence-electron chi connectivity index (χ0n) is 16.3. The molecule has 2 aromatic carbocycles. The smallest absolute Gasteiger partial charge is 0.290 e. The summed E-state index contributed by atoms with van der Waals surface area (Å²) in [5.41, 5.74) is 3.73. The van der Waals surface area contributed by atoms with E-state index in [0.717, 1.165) is 26.4 Å². The second kappa shape index (κ2) is 7.42. The van der Waals surface area contributed by atoms with Gasteiger partial charge in [0.2, 0.25) is 5.91 Å². The van der Waals surface area contributed by atoms with E-state index in [0.29, 0.717) is 18.7 Å². The first-order chi connectivity index (χ1) is 14.6. The monoisotopic (exact) mass is 417 g/mol. The number of benzene rings is 2. The summed E-state index contributed by atoms with van der Waals surface area (Å²) in [4.78, 5) is 32.4. The van der Waals surface area contributed by atoms with Gasteiger partial charge in [0.25, 0.3) is 5.91 Å². The van der Waals surface area contributed by atoms with Crippen molar-refractivity contribution in [1.82, 2.24) is 9.88 Å². The average molecular weight is 417 g/mol. The molecule has 0 spiro atoms. The number of carbonyl (C=O) groups excluding carboxylic acids is 2. The van der Waals surface area contributed by atoms with Crippen LogP contribution in [0.25, 0.3) is 10.2 Å². The number of aryl methyl sites for hydroxylation is 1. The fraction of sp³-hybridized carbons (Fsp3) is 0.174. The summed E-state index contributed by atoms with van der Waals surface area (Å²) >= 11 is 1.58. The van der Waals surface area contributed by atoms with Crippen molar-refractivity contribution in [3.05, 3.63) is 82.8 Å². The molecule has 0 bridgehead atoms. The first-order valence-corrected chi connectivity index (χ1v) is 10.5. The number of thiazole rings is 1. The number of carbonyl (C=O) groups is 2. The second-order valence-electron chi connectivity index (χ2n) is 7.30. The van der Waals surface area contributed by atoms with E-state index < -0.39 is 6.04 Å². The van der Waals surface area contributed by atoms with Crippen molar-refractivity contribution in [3.63, 3.8) is 0 Å². The minimum Gasteiger partial charge on any atom is -0.459 e. The second-order valence-corrected chi connectivity index (χ2v) is 8.54. The number of amides is 2. The topological polar surface area (TPSA) is 75.4 Å². The van der Waals surface area contributed by atoms with Gasteiger partial charge in [0.05, 0.1) is 21.5 Å². The van der Waals surface area contributed by atoms with Crippen LogP contribution in [-0.4, -0.2) is 27.7 Å². The fourth-order valence-corrected chi connectivity index (χ4v) is 4.72. The zero-order valence-corrected chi connectivity index (χ0v) is 17.1. The van der Waals surface area contributed by atoms with Gasteiger partial charge in [0, 0.05) is 18.7 Å². The maximum atomic E-state index is 13.3. The van der Waals surface area contributed by atoms with Crippen LogP contribution in [0.15, 0.2) is 65.3 Å². The van der Waals surface area contributed by atoms with E-state index in [1.165, 1.54) is 6.26 Å². The number of nitrogens with one attached hydrogen (secondary N) is 1. The predicted molar refractivity (Wildman–Crippen MR) is 116 cm³/mol. The Balaban J connectivity index is 1.45. The fourth-order valence-electron chi connectivity index (χ4n) is 3.86. The quantitative estimate of drug-likeness (QED) is 0.536. The van der Waals surface area contributed by atoms with Crippen molar-refractivity contribution in [3.8, 4) is 0 Å². The first-order valence-electron chi connectivity index (χ1n) is 9.68. The van der Waals surface area contributed by atoms with Gasteiger partial charge < -0.3 is 14.6 Å². The van der Waals surface area contributed by atoms with E-state index in [9.17, 15) is 9.59 Å². The highest BCUT2D eigenvalue weighted by atomic mass is 32.1. The van der Waals surface area contributed by atoms with E-state index in [4.69, 9.17) is 4.42 Å². The van der Waals surface area contributed by atoms with Gasteiger partial charge in [-0.15, -0.1) is 11.3 Å². The van der Waals surface area contributed by atoms with Crippen LogP contribution in [0.2, 0.25) is 0 Å². The molecular formula is C23H19N3O3S. The molecule has 0 saturated heterocycles. The molecule has 3 heterocycles. The molecule has 30 heavy (non-hydrogen) atoms. The number of fused-ring (bicyclic) bond motifs is 2. The number of hydrogen-bond donors (Lipinski definition) is 1. The first kappa shape index (κ1) is 18.6. The Morgan fingerprint density at radius 2 is 1.97 bits per heavy atom. The Morgan fingerprint density at radius 3 is 2.77 bits per heavy atom. The predicted octanol–water partition coefficient (Wildman–Crippen LogP) is 4.40. The van der Waals surface area contributed by atoms with Crippen LogP contribution in [0.3, 0.4) is 0 Å². The molecule has 0 radical (unpaired) electrons. The molecule has 1 aliphatic heterocycles. The normalized spacial score (nSPS) is 15.8.